The Balaban J connectivity index is 1.80. The first kappa shape index (κ1) is 15.6. The van der Waals surface area contributed by atoms with E-state index in [-0.39, 0.29) is 5.69 Å². The van der Waals surface area contributed by atoms with Crippen LogP contribution < -0.4 is 9.64 Å². The maximum Gasteiger partial charge on any atom is 0.258 e. The molecule has 0 saturated carbocycles. The van der Waals surface area contributed by atoms with E-state index in [0.717, 1.165) is 4.90 Å². The molecule has 0 atom stereocenters. The van der Waals surface area contributed by atoms with E-state index in [2.05, 4.69) is 25.6 Å². The highest BCUT2D eigenvalue weighted by Gasteiger charge is 2.29. The van der Waals surface area contributed by atoms with Gasteiger partial charge in [0.2, 0.25) is 0 Å². The first-order valence-electron chi connectivity index (χ1n) is 7.63. The van der Waals surface area contributed by atoms with Crippen molar-refractivity contribution in [1.82, 2.24) is 15.4 Å². The summed E-state index contributed by atoms with van der Waals surface area (Å²) in [5.74, 6) is -0.194. The van der Waals surface area contributed by atoms with Crippen LogP contribution in [0.4, 0.5) is 17.1 Å². The zero-order valence-electron chi connectivity index (χ0n) is 13.6. The van der Waals surface area contributed by atoms with E-state index in [1.54, 1.807) is 43.5 Å². The van der Waals surface area contributed by atoms with Crippen molar-refractivity contribution in [3.63, 3.8) is 0 Å². The lowest BCUT2D eigenvalue weighted by atomic mass is 10.2. The second-order valence-electron chi connectivity index (χ2n) is 5.37. The molecule has 4 rings (SSSR count). The molecule has 0 bridgehead atoms. The maximum absolute atomic E-state index is 12.0. The van der Waals surface area contributed by atoms with E-state index in [4.69, 9.17) is 4.74 Å². The van der Waals surface area contributed by atoms with Gasteiger partial charge in [-0.1, -0.05) is 0 Å². The predicted molar refractivity (Wildman–Crippen MR) is 92.7 cm³/mol. The van der Waals surface area contributed by atoms with Crippen LogP contribution in [-0.4, -0.2) is 34.3 Å². The normalized spacial score (nSPS) is 14.1. The zero-order valence-corrected chi connectivity index (χ0v) is 13.6. The van der Waals surface area contributed by atoms with Crippen LogP contribution in [0.15, 0.2) is 58.8 Å². The lowest BCUT2D eigenvalue weighted by molar-refractivity contribution is -0.119. The number of hydrogen-bond acceptors (Lipinski definition) is 7. The summed E-state index contributed by atoms with van der Waals surface area (Å²) in [7, 11) is 1.58. The van der Waals surface area contributed by atoms with Gasteiger partial charge in [-0.05, 0) is 36.4 Å². The van der Waals surface area contributed by atoms with Gasteiger partial charge in [0, 0.05) is 12.2 Å². The maximum atomic E-state index is 12.0. The van der Waals surface area contributed by atoms with Crippen molar-refractivity contribution in [2.75, 3.05) is 12.0 Å². The van der Waals surface area contributed by atoms with Gasteiger partial charge in [0.15, 0.2) is 0 Å². The molecule has 2 heterocycles. The number of ether oxygens (including phenoxy) is 1. The summed E-state index contributed by atoms with van der Waals surface area (Å²) >= 11 is 0. The van der Waals surface area contributed by atoms with Gasteiger partial charge in [-0.15, -0.1) is 5.11 Å². The molecule has 2 aromatic carbocycles. The van der Waals surface area contributed by atoms with Crippen LogP contribution in [0.1, 0.15) is 0 Å². The van der Waals surface area contributed by atoms with Crippen LogP contribution in [0.2, 0.25) is 0 Å². The quantitative estimate of drug-likeness (QED) is 0.575. The summed E-state index contributed by atoms with van der Waals surface area (Å²) in [5, 5.41) is 19.0. The van der Waals surface area contributed by atoms with Crippen LogP contribution in [0.5, 0.6) is 5.75 Å². The Labute approximate surface area is 147 Å². The fourth-order valence-corrected chi connectivity index (χ4v) is 2.56. The highest BCUT2D eigenvalue weighted by atomic mass is 16.5. The number of aromatic amines is 1. The molecule has 0 aliphatic carbocycles. The molecule has 0 radical (unpaired) electrons. The molecule has 0 saturated heterocycles. The number of nitrogens with zero attached hydrogens (tertiary/aromatic N) is 5. The molecule has 0 fully saturated rings. The van der Waals surface area contributed by atoms with Crippen molar-refractivity contribution in [2.45, 2.75) is 0 Å². The number of hydrogen-bond donors (Lipinski definition) is 1. The van der Waals surface area contributed by atoms with Gasteiger partial charge in [0.05, 0.1) is 18.5 Å². The molecule has 1 aromatic heterocycles. The minimum Gasteiger partial charge on any atom is -0.497 e. The molecule has 128 valence electrons. The molecule has 1 aliphatic heterocycles. The zero-order chi connectivity index (χ0) is 18.1. The van der Waals surface area contributed by atoms with Crippen molar-refractivity contribution in [3.8, 4) is 5.75 Å². The monoisotopic (exact) mass is 348 g/mol. The number of fused-ring (bicyclic) bond motifs is 1. The third-order valence-electron chi connectivity index (χ3n) is 3.83. The summed E-state index contributed by atoms with van der Waals surface area (Å²) in [6, 6.07) is 10.2. The number of anilines is 1. The minimum atomic E-state index is -0.446. The van der Waals surface area contributed by atoms with Crippen molar-refractivity contribution < 1.29 is 14.3 Å². The molecule has 3 aromatic rings. The van der Waals surface area contributed by atoms with Crippen LogP contribution >= 0.6 is 0 Å². The average molecular weight is 348 g/mol. The summed E-state index contributed by atoms with van der Waals surface area (Å²) < 4.78 is 5.11. The SMILES string of the molecule is COc1ccc(N=Nc2c(N3C(=O)C=CC3=O)ccc3n[nH]nc23)cc1. The summed E-state index contributed by atoms with van der Waals surface area (Å²) in [4.78, 5) is 25.1. The van der Waals surface area contributed by atoms with Gasteiger partial charge in [0.25, 0.3) is 11.8 Å². The smallest absolute Gasteiger partial charge is 0.258 e. The molecule has 1 aliphatic rings. The summed E-state index contributed by atoms with van der Waals surface area (Å²) in [6.07, 6.45) is 2.42. The van der Waals surface area contributed by atoms with Crippen molar-refractivity contribution in [1.29, 1.82) is 0 Å². The van der Waals surface area contributed by atoms with Crippen molar-refractivity contribution >= 4 is 39.9 Å². The van der Waals surface area contributed by atoms with E-state index in [1.807, 2.05) is 0 Å². The largest absolute Gasteiger partial charge is 0.497 e. The molecular formula is C17H12N6O3. The molecule has 26 heavy (non-hydrogen) atoms. The Morgan fingerprint density at radius 2 is 1.69 bits per heavy atom. The molecule has 1 N–H and O–H groups in total. The highest BCUT2D eigenvalue weighted by molar-refractivity contribution is 6.29. The van der Waals surface area contributed by atoms with Crippen LogP contribution in [0.25, 0.3) is 11.0 Å². The Bertz CT molecular complexity index is 1050. The molecule has 2 amide bonds. The number of rotatable bonds is 4. The van der Waals surface area contributed by atoms with E-state index in [9.17, 15) is 9.59 Å². The number of azo groups is 1. The van der Waals surface area contributed by atoms with Crippen LogP contribution in [0, 0.1) is 0 Å². The second-order valence-corrected chi connectivity index (χ2v) is 5.37. The Morgan fingerprint density at radius 1 is 0.962 bits per heavy atom. The predicted octanol–water partition coefficient (Wildman–Crippen LogP) is 2.81. The minimum absolute atomic E-state index is 0.275. The number of nitrogens with one attached hydrogen (secondary N) is 1. The summed E-state index contributed by atoms with van der Waals surface area (Å²) in [6.45, 7) is 0. The third-order valence-corrected chi connectivity index (χ3v) is 3.83. The fraction of sp³-hybridized carbons (Fsp3) is 0.0588. The number of amides is 2. The van der Waals surface area contributed by atoms with Gasteiger partial charge >= 0.3 is 0 Å². The van der Waals surface area contributed by atoms with Gasteiger partial charge in [-0.2, -0.15) is 20.5 Å². The van der Waals surface area contributed by atoms with E-state index < -0.39 is 11.8 Å². The molecule has 9 heteroatoms. The average Bonchev–Trinajstić information content (AvgIpc) is 3.27. The first-order valence-corrected chi connectivity index (χ1v) is 7.63. The molecule has 9 nitrogen and oxygen atoms in total. The molecule has 0 spiro atoms. The fourth-order valence-electron chi connectivity index (χ4n) is 2.56. The number of H-pyrrole nitrogens is 1. The van der Waals surface area contributed by atoms with Gasteiger partial charge < -0.3 is 4.74 Å². The number of imide groups is 1. The highest BCUT2D eigenvalue weighted by Crippen LogP contribution is 2.37. The Kier molecular flexibility index (Phi) is 3.73. The van der Waals surface area contributed by atoms with Crippen molar-refractivity contribution in [3.05, 3.63) is 48.6 Å². The van der Waals surface area contributed by atoms with E-state index in [1.165, 1.54) is 12.2 Å². The number of carbonyl (C=O) groups is 2. The van der Waals surface area contributed by atoms with Gasteiger partial charge in [0.1, 0.15) is 22.5 Å². The Morgan fingerprint density at radius 3 is 2.38 bits per heavy atom. The van der Waals surface area contributed by atoms with Crippen LogP contribution in [-0.2, 0) is 9.59 Å². The number of methoxy groups -OCH3 is 1. The lowest BCUT2D eigenvalue weighted by Crippen LogP contribution is -2.29. The molecule has 0 unspecified atom stereocenters. The van der Waals surface area contributed by atoms with E-state index >= 15 is 0 Å². The topological polar surface area (TPSA) is 113 Å². The number of benzene rings is 2. The van der Waals surface area contributed by atoms with Crippen LogP contribution in [0.3, 0.4) is 0 Å². The molecular weight excluding hydrogens is 336 g/mol. The first-order chi connectivity index (χ1) is 12.7. The standard InChI is InChI=1S/C17H12N6O3/c1-26-11-4-2-10(3-5-11)18-20-17-13(23-14(24)8-9-15(23)25)7-6-12-16(17)21-22-19-12/h2-9H,1H3,(H,19,21,22). The third kappa shape index (κ3) is 2.61. The number of carbonyl (C=O) groups excluding carboxylic acids is 2. The summed E-state index contributed by atoms with van der Waals surface area (Å²) in [5.41, 5.74) is 2.10. The Hall–Kier alpha value is -3.88. The van der Waals surface area contributed by atoms with Gasteiger partial charge in [-0.3, -0.25) is 9.59 Å². The second kappa shape index (κ2) is 6.20. The lowest BCUT2D eigenvalue weighted by Gasteiger charge is -2.15. The number of aromatic nitrogens is 3. The van der Waals surface area contributed by atoms with Gasteiger partial charge in [-0.25, -0.2) is 4.90 Å². The van der Waals surface area contributed by atoms with Crippen molar-refractivity contribution in [2.24, 2.45) is 10.2 Å². The van der Waals surface area contributed by atoms with E-state index in [0.29, 0.717) is 28.2 Å².